The number of aromatic nitrogens is 3. The lowest BCUT2D eigenvalue weighted by Crippen LogP contribution is -2.25. The van der Waals surface area contributed by atoms with Crippen LogP contribution in [0.5, 0.6) is 5.75 Å². The molecule has 144 valence electrons. The van der Waals surface area contributed by atoms with Crippen molar-refractivity contribution in [3.8, 4) is 5.75 Å². The number of benzene rings is 1. The van der Waals surface area contributed by atoms with E-state index in [2.05, 4.69) is 20.4 Å². The summed E-state index contributed by atoms with van der Waals surface area (Å²) in [5.74, 6) is 0.337. The number of nitrogens with zero attached hydrogens (tertiary/aromatic N) is 4. The van der Waals surface area contributed by atoms with Crippen molar-refractivity contribution in [3.63, 3.8) is 0 Å². The van der Waals surface area contributed by atoms with Gasteiger partial charge in [0.1, 0.15) is 11.3 Å². The predicted molar refractivity (Wildman–Crippen MR) is 105 cm³/mol. The quantitative estimate of drug-likeness (QED) is 0.753. The van der Waals surface area contributed by atoms with Crippen LogP contribution in [-0.4, -0.2) is 40.6 Å². The first kappa shape index (κ1) is 18.0. The van der Waals surface area contributed by atoms with Crippen molar-refractivity contribution in [2.45, 2.75) is 26.4 Å². The number of aliphatic imine (C=N–C) groups is 1. The molecule has 3 aromatic rings. The zero-order chi connectivity index (χ0) is 19.9. The molecule has 1 N–H and O–H groups in total. The minimum atomic E-state index is -0.574. The van der Waals surface area contributed by atoms with Crippen molar-refractivity contribution in [2.24, 2.45) is 4.99 Å². The van der Waals surface area contributed by atoms with Crippen LogP contribution >= 0.6 is 0 Å². The molecule has 0 radical (unpaired) electrons. The minimum Gasteiger partial charge on any atom is -0.496 e. The molecule has 28 heavy (non-hydrogen) atoms. The van der Waals surface area contributed by atoms with Crippen molar-refractivity contribution in [1.29, 1.82) is 0 Å². The summed E-state index contributed by atoms with van der Waals surface area (Å²) in [6.45, 7) is 6.28. The van der Waals surface area contributed by atoms with E-state index in [1.807, 2.05) is 39.0 Å². The van der Waals surface area contributed by atoms with Gasteiger partial charge in [-0.05, 0) is 39.0 Å². The van der Waals surface area contributed by atoms with Gasteiger partial charge in [-0.2, -0.15) is 5.10 Å². The van der Waals surface area contributed by atoms with Crippen LogP contribution in [0, 0.1) is 13.8 Å². The summed E-state index contributed by atoms with van der Waals surface area (Å²) in [6.07, 6.45) is 2.98. The third-order valence-corrected chi connectivity index (χ3v) is 4.83. The van der Waals surface area contributed by atoms with Gasteiger partial charge in [-0.15, -0.1) is 0 Å². The molecule has 1 unspecified atom stereocenters. The third-order valence-electron chi connectivity index (χ3n) is 4.83. The Labute approximate surface area is 162 Å². The second-order valence-corrected chi connectivity index (χ2v) is 7.00. The second-order valence-electron chi connectivity index (χ2n) is 7.00. The molecule has 8 heteroatoms. The number of methoxy groups -OCH3 is 1. The monoisotopic (exact) mass is 379 g/mol. The Balaban J connectivity index is 1.64. The van der Waals surface area contributed by atoms with Gasteiger partial charge >= 0.3 is 0 Å². The summed E-state index contributed by atoms with van der Waals surface area (Å²) in [4.78, 5) is 21.4. The molecular weight excluding hydrogens is 358 g/mol. The van der Waals surface area contributed by atoms with Crippen LogP contribution in [0.25, 0.3) is 5.65 Å². The van der Waals surface area contributed by atoms with Crippen LogP contribution in [0.15, 0.2) is 35.5 Å². The van der Waals surface area contributed by atoms with E-state index >= 15 is 0 Å². The number of carbonyl (C=O) groups is 1. The zero-order valence-corrected chi connectivity index (χ0v) is 16.2. The predicted octanol–water partition coefficient (Wildman–Crippen LogP) is 2.88. The normalized spacial score (nSPS) is 18.3. The number of nitrogens with one attached hydrogen (secondary N) is 1. The van der Waals surface area contributed by atoms with Crippen molar-refractivity contribution >= 4 is 23.6 Å². The van der Waals surface area contributed by atoms with Crippen molar-refractivity contribution < 1.29 is 14.3 Å². The number of ether oxygens (including phenoxy) is 2. The van der Waals surface area contributed by atoms with Crippen LogP contribution in [0.2, 0.25) is 0 Å². The second kappa shape index (κ2) is 6.63. The molecule has 8 nitrogen and oxygen atoms in total. The lowest BCUT2D eigenvalue weighted by atomic mass is 9.95. The molecule has 1 aliphatic heterocycles. The number of hydrogen-bond acceptors (Lipinski definition) is 6. The number of anilines is 1. The molecule has 0 saturated carbocycles. The topological polar surface area (TPSA) is 90.1 Å². The van der Waals surface area contributed by atoms with Crippen LogP contribution in [0.1, 0.15) is 34.2 Å². The molecule has 1 amide bonds. The maximum absolute atomic E-state index is 12.8. The summed E-state index contributed by atoms with van der Waals surface area (Å²) < 4.78 is 12.8. The molecule has 2 aromatic heterocycles. The van der Waals surface area contributed by atoms with Gasteiger partial charge in [0.25, 0.3) is 5.91 Å². The number of carbonyl (C=O) groups excluding carboxylic acids is 1. The highest BCUT2D eigenvalue weighted by Gasteiger charge is 2.34. The number of amides is 1. The van der Waals surface area contributed by atoms with Crippen molar-refractivity contribution in [1.82, 2.24) is 14.6 Å². The number of aryl methyl sites for hydroxylation is 2. The van der Waals surface area contributed by atoms with Crippen LogP contribution in [0.4, 0.5) is 5.69 Å². The van der Waals surface area contributed by atoms with Gasteiger partial charge < -0.3 is 14.8 Å². The largest absolute Gasteiger partial charge is 0.496 e. The Morgan fingerprint density at radius 1 is 1.32 bits per heavy atom. The minimum absolute atomic E-state index is 0.283. The van der Waals surface area contributed by atoms with E-state index < -0.39 is 5.60 Å². The summed E-state index contributed by atoms with van der Waals surface area (Å²) in [7, 11) is 1.59. The van der Waals surface area contributed by atoms with E-state index in [0.717, 1.165) is 17.0 Å². The number of fused-ring (bicyclic) bond motifs is 1. The molecule has 4 rings (SSSR count). The van der Waals surface area contributed by atoms with E-state index in [0.29, 0.717) is 29.2 Å². The highest BCUT2D eigenvalue weighted by Crippen LogP contribution is 2.36. The standard InChI is InChI=1S/C20H21N5O3/c1-12-7-13(2)25-18(23-12)15(9-22-25)19(26)24-14-5-6-16(17(8-14)27-4)20(3)10-21-11-28-20/h5-9,11H,10H2,1-4H3,(H,24,26). The van der Waals surface area contributed by atoms with E-state index in [9.17, 15) is 4.79 Å². The Kier molecular flexibility index (Phi) is 4.26. The highest BCUT2D eigenvalue weighted by atomic mass is 16.5. The van der Waals surface area contributed by atoms with E-state index in [-0.39, 0.29) is 5.91 Å². The molecule has 0 fully saturated rings. The van der Waals surface area contributed by atoms with E-state index in [1.165, 1.54) is 12.6 Å². The number of rotatable bonds is 4. The summed E-state index contributed by atoms with van der Waals surface area (Å²) in [5, 5.41) is 7.17. The smallest absolute Gasteiger partial charge is 0.261 e. The van der Waals surface area contributed by atoms with Crippen LogP contribution < -0.4 is 10.1 Å². The Hall–Kier alpha value is -3.42. The van der Waals surface area contributed by atoms with Crippen molar-refractivity contribution in [2.75, 3.05) is 19.0 Å². The Morgan fingerprint density at radius 3 is 2.86 bits per heavy atom. The van der Waals surface area contributed by atoms with Gasteiger partial charge in [0, 0.05) is 28.7 Å². The molecule has 3 heterocycles. The molecule has 0 aliphatic carbocycles. The fourth-order valence-corrected chi connectivity index (χ4v) is 3.39. The maximum atomic E-state index is 12.8. The first-order valence-corrected chi connectivity index (χ1v) is 8.89. The third kappa shape index (κ3) is 2.96. The first-order valence-electron chi connectivity index (χ1n) is 8.89. The lowest BCUT2D eigenvalue weighted by molar-refractivity contribution is 0.102. The van der Waals surface area contributed by atoms with Crippen LogP contribution in [0.3, 0.4) is 0 Å². The number of hydrogen-bond donors (Lipinski definition) is 1. The molecule has 1 aromatic carbocycles. The van der Waals surface area contributed by atoms with Gasteiger partial charge in [-0.25, -0.2) is 9.50 Å². The van der Waals surface area contributed by atoms with Gasteiger partial charge in [-0.1, -0.05) is 0 Å². The Bertz CT molecular complexity index is 1090. The molecular formula is C20H21N5O3. The van der Waals surface area contributed by atoms with Crippen LogP contribution in [-0.2, 0) is 10.3 Å². The Morgan fingerprint density at radius 2 is 2.14 bits per heavy atom. The van der Waals surface area contributed by atoms with Gasteiger partial charge in [0.2, 0.25) is 0 Å². The summed E-state index contributed by atoms with van der Waals surface area (Å²) >= 11 is 0. The fraction of sp³-hybridized carbons (Fsp3) is 0.300. The van der Waals surface area contributed by atoms with E-state index in [4.69, 9.17) is 9.47 Å². The fourth-order valence-electron chi connectivity index (χ4n) is 3.39. The summed E-state index contributed by atoms with van der Waals surface area (Å²) in [6, 6.07) is 7.39. The molecule has 0 spiro atoms. The van der Waals surface area contributed by atoms with E-state index in [1.54, 1.807) is 17.7 Å². The molecule has 1 aliphatic rings. The molecule has 0 bridgehead atoms. The zero-order valence-electron chi connectivity index (χ0n) is 16.2. The molecule has 1 atom stereocenters. The molecule has 0 saturated heterocycles. The maximum Gasteiger partial charge on any atom is 0.261 e. The lowest BCUT2D eigenvalue weighted by Gasteiger charge is -2.25. The highest BCUT2D eigenvalue weighted by molar-refractivity contribution is 6.08. The average molecular weight is 379 g/mol. The SMILES string of the molecule is COc1cc(NC(=O)c2cnn3c(C)cc(C)nc23)ccc1C1(C)CN=CO1. The van der Waals surface area contributed by atoms with Gasteiger partial charge in [-0.3, -0.25) is 9.79 Å². The van der Waals surface area contributed by atoms with Gasteiger partial charge in [0.15, 0.2) is 17.6 Å². The first-order chi connectivity index (χ1) is 13.4. The average Bonchev–Trinajstić information content (AvgIpc) is 3.28. The summed E-state index contributed by atoms with van der Waals surface area (Å²) in [5.41, 5.74) is 3.59. The van der Waals surface area contributed by atoms with Crippen molar-refractivity contribution in [3.05, 3.63) is 53.0 Å². The van der Waals surface area contributed by atoms with Gasteiger partial charge in [0.05, 0.1) is 19.9 Å².